The van der Waals surface area contributed by atoms with E-state index in [1.54, 1.807) is 0 Å². The molecule has 0 saturated carbocycles. The minimum Gasteiger partial charge on any atom is -0.314 e. The van der Waals surface area contributed by atoms with Gasteiger partial charge in [-0.2, -0.15) is 4.31 Å². The number of hydrogen-bond acceptors (Lipinski definition) is 5. The number of sulfonamides is 1. The van der Waals surface area contributed by atoms with Crippen LogP contribution in [0.2, 0.25) is 0 Å². The van der Waals surface area contributed by atoms with Gasteiger partial charge in [-0.1, -0.05) is 0 Å². The van der Waals surface area contributed by atoms with Gasteiger partial charge in [-0.15, -0.1) is 0 Å². The first-order chi connectivity index (χ1) is 7.92. The number of nitrogens with zero attached hydrogens (tertiary/aromatic N) is 1. The Labute approximate surface area is 102 Å². The maximum Gasteiger partial charge on any atom is 0.217 e. The third-order valence-electron chi connectivity index (χ3n) is 3.36. The number of sulfone groups is 1. The quantitative estimate of drug-likeness (QED) is 0.688. The van der Waals surface area contributed by atoms with Crippen LogP contribution < -0.4 is 5.32 Å². The van der Waals surface area contributed by atoms with Crippen molar-refractivity contribution in [2.75, 3.05) is 37.7 Å². The fourth-order valence-electron chi connectivity index (χ4n) is 2.28. The fraction of sp³-hybridized carbons (Fsp3) is 1.00. The van der Waals surface area contributed by atoms with Gasteiger partial charge in [-0.05, 0) is 12.8 Å². The first-order valence-corrected chi connectivity index (χ1v) is 9.14. The lowest BCUT2D eigenvalue weighted by molar-refractivity contribution is 0.353. The first-order valence-electron chi connectivity index (χ1n) is 5.82. The second-order valence-electron chi connectivity index (χ2n) is 4.55. The van der Waals surface area contributed by atoms with Gasteiger partial charge in [-0.3, -0.25) is 0 Å². The molecule has 2 aliphatic heterocycles. The average Bonchev–Trinajstić information content (AvgIpc) is 2.29. The van der Waals surface area contributed by atoms with Crippen LogP contribution in [0.25, 0.3) is 0 Å². The molecule has 0 spiro atoms. The Morgan fingerprint density at radius 2 is 1.59 bits per heavy atom. The molecular weight excluding hydrogens is 264 g/mol. The van der Waals surface area contributed by atoms with Gasteiger partial charge in [0.2, 0.25) is 10.0 Å². The highest BCUT2D eigenvalue weighted by Gasteiger charge is 2.36. The van der Waals surface area contributed by atoms with Crippen molar-refractivity contribution in [3.63, 3.8) is 0 Å². The van der Waals surface area contributed by atoms with E-state index in [0.29, 0.717) is 26.2 Å². The zero-order valence-corrected chi connectivity index (χ0v) is 11.3. The molecule has 0 aromatic heterocycles. The van der Waals surface area contributed by atoms with E-state index in [9.17, 15) is 16.8 Å². The first kappa shape index (κ1) is 13.3. The summed E-state index contributed by atoms with van der Waals surface area (Å²) in [6.07, 6.45) is 0.489. The molecule has 17 heavy (non-hydrogen) atoms. The highest BCUT2D eigenvalue weighted by atomic mass is 32.2. The Hall–Kier alpha value is -0.180. The lowest BCUT2D eigenvalue weighted by Crippen LogP contribution is -2.50. The average molecular weight is 282 g/mol. The molecule has 2 rings (SSSR count). The van der Waals surface area contributed by atoms with E-state index < -0.39 is 25.1 Å². The normalized spacial score (nSPS) is 28.0. The molecule has 0 unspecified atom stereocenters. The molecule has 0 aliphatic carbocycles. The summed E-state index contributed by atoms with van der Waals surface area (Å²) < 4.78 is 48.6. The maximum atomic E-state index is 12.3. The zero-order chi connectivity index (χ0) is 12.5. The van der Waals surface area contributed by atoms with Gasteiger partial charge < -0.3 is 5.32 Å². The third-order valence-corrected chi connectivity index (χ3v) is 7.47. The largest absolute Gasteiger partial charge is 0.314 e. The SMILES string of the molecule is O=S1(=O)CCC(S(=O)(=O)N2CCNCC2)CC1. The van der Waals surface area contributed by atoms with E-state index in [1.165, 1.54) is 4.31 Å². The highest BCUT2D eigenvalue weighted by Crippen LogP contribution is 2.22. The van der Waals surface area contributed by atoms with Crippen molar-refractivity contribution in [3.05, 3.63) is 0 Å². The summed E-state index contributed by atoms with van der Waals surface area (Å²) in [6, 6.07) is 0. The maximum absolute atomic E-state index is 12.3. The Morgan fingerprint density at radius 1 is 1.06 bits per heavy atom. The molecule has 0 bridgehead atoms. The van der Waals surface area contributed by atoms with Gasteiger partial charge >= 0.3 is 0 Å². The van der Waals surface area contributed by atoms with Gasteiger partial charge in [0.25, 0.3) is 0 Å². The van der Waals surface area contributed by atoms with Crippen molar-refractivity contribution in [3.8, 4) is 0 Å². The van der Waals surface area contributed by atoms with Gasteiger partial charge in [-0.25, -0.2) is 16.8 Å². The van der Waals surface area contributed by atoms with Gasteiger partial charge in [0, 0.05) is 26.2 Å². The molecule has 0 radical (unpaired) electrons. The standard InChI is InChI=1S/C9H18N2O4S2/c12-16(13)7-1-9(2-8-16)17(14,15)11-5-3-10-4-6-11/h9-10H,1-8H2. The van der Waals surface area contributed by atoms with Crippen LogP contribution in [-0.2, 0) is 19.9 Å². The van der Waals surface area contributed by atoms with Crippen molar-refractivity contribution in [1.29, 1.82) is 0 Å². The minimum absolute atomic E-state index is 0.00296. The van der Waals surface area contributed by atoms with E-state index in [-0.39, 0.29) is 24.3 Å². The predicted molar refractivity (Wildman–Crippen MR) is 65.0 cm³/mol. The molecule has 100 valence electrons. The van der Waals surface area contributed by atoms with Gasteiger partial charge in [0.1, 0.15) is 9.84 Å². The lowest BCUT2D eigenvalue weighted by atomic mass is 10.2. The summed E-state index contributed by atoms with van der Waals surface area (Å²) in [5.41, 5.74) is 0. The summed E-state index contributed by atoms with van der Waals surface area (Å²) in [5, 5.41) is 2.59. The van der Waals surface area contributed by atoms with E-state index in [0.717, 1.165) is 0 Å². The van der Waals surface area contributed by atoms with E-state index >= 15 is 0 Å². The van der Waals surface area contributed by atoms with Crippen LogP contribution in [0.4, 0.5) is 0 Å². The number of rotatable bonds is 2. The van der Waals surface area contributed by atoms with Crippen molar-refractivity contribution in [2.45, 2.75) is 18.1 Å². The number of nitrogens with one attached hydrogen (secondary N) is 1. The van der Waals surface area contributed by atoms with Crippen LogP contribution in [-0.4, -0.2) is 64.1 Å². The summed E-state index contributed by atoms with van der Waals surface area (Å²) in [7, 11) is -6.31. The molecule has 0 amide bonds. The molecule has 0 aromatic carbocycles. The smallest absolute Gasteiger partial charge is 0.217 e. The topological polar surface area (TPSA) is 83.5 Å². The number of hydrogen-bond donors (Lipinski definition) is 1. The molecule has 0 atom stereocenters. The van der Waals surface area contributed by atoms with Gasteiger partial charge in [0.15, 0.2) is 0 Å². The molecular formula is C9H18N2O4S2. The molecule has 2 fully saturated rings. The Balaban J connectivity index is 2.06. The summed E-state index contributed by atoms with van der Waals surface area (Å²) >= 11 is 0. The van der Waals surface area contributed by atoms with Crippen LogP contribution in [0, 0.1) is 0 Å². The van der Waals surface area contributed by atoms with Crippen molar-refractivity contribution in [1.82, 2.24) is 9.62 Å². The van der Waals surface area contributed by atoms with E-state index in [1.807, 2.05) is 0 Å². The lowest BCUT2D eigenvalue weighted by Gasteiger charge is -2.32. The summed E-state index contributed by atoms with van der Waals surface area (Å²) in [4.78, 5) is 0. The summed E-state index contributed by atoms with van der Waals surface area (Å²) in [5.74, 6) is 0.00593. The number of piperazine rings is 1. The van der Waals surface area contributed by atoms with Crippen molar-refractivity contribution >= 4 is 19.9 Å². The Kier molecular flexibility index (Phi) is 3.77. The minimum atomic E-state index is -3.31. The third kappa shape index (κ3) is 2.98. The molecule has 1 N–H and O–H groups in total. The molecule has 2 aliphatic rings. The predicted octanol–water partition coefficient (Wildman–Crippen LogP) is -1.20. The van der Waals surface area contributed by atoms with E-state index in [4.69, 9.17) is 0 Å². The molecule has 0 aromatic rings. The van der Waals surface area contributed by atoms with Crippen molar-refractivity contribution in [2.24, 2.45) is 0 Å². The Bertz CT molecular complexity index is 451. The van der Waals surface area contributed by atoms with Crippen LogP contribution in [0.15, 0.2) is 0 Å². The van der Waals surface area contributed by atoms with Gasteiger partial charge in [0.05, 0.1) is 16.8 Å². The monoisotopic (exact) mass is 282 g/mol. The van der Waals surface area contributed by atoms with E-state index in [2.05, 4.69) is 5.32 Å². The molecule has 6 nitrogen and oxygen atoms in total. The van der Waals surface area contributed by atoms with Crippen LogP contribution in [0.1, 0.15) is 12.8 Å². The molecule has 2 heterocycles. The van der Waals surface area contributed by atoms with Crippen LogP contribution in [0.3, 0.4) is 0 Å². The molecule has 2 saturated heterocycles. The van der Waals surface area contributed by atoms with Crippen molar-refractivity contribution < 1.29 is 16.8 Å². The second kappa shape index (κ2) is 4.83. The fourth-order valence-corrected chi connectivity index (χ4v) is 6.01. The second-order valence-corrected chi connectivity index (χ2v) is 9.06. The Morgan fingerprint density at radius 3 is 2.12 bits per heavy atom. The van der Waals surface area contributed by atoms with Crippen LogP contribution >= 0.6 is 0 Å². The summed E-state index contributed by atoms with van der Waals surface area (Å²) in [6.45, 7) is 2.33. The zero-order valence-electron chi connectivity index (χ0n) is 9.63. The highest BCUT2D eigenvalue weighted by molar-refractivity contribution is 7.92. The molecule has 8 heteroatoms. The van der Waals surface area contributed by atoms with Crippen LogP contribution in [0.5, 0.6) is 0 Å².